The molecule has 35 heavy (non-hydrogen) atoms. The molecule has 0 atom stereocenters. The number of nitrogens with zero attached hydrogens (tertiary/aromatic N) is 3. The van der Waals surface area contributed by atoms with Gasteiger partial charge in [0, 0.05) is 13.1 Å². The molecule has 3 aromatic carbocycles. The van der Waals surface area contributed by atoms with Crippen LogP contribution < -0.4 is 15.8 Å². The normalized spacial score (nSPS) is 11.1. The van der Waals surface area contributed by atoms with Crippen LogP contribution in [0.25, 0.3) is 22.2 Å². The van der Waals surface area contributed by atoms with Crippen LogP contribution in [-0.4, -0.2) is 27.6 Å². The Morgan fingerprint density at radius 1 is 0.971 bits per heavy atom. The molecule has 0 unspecified atom stereocenters. The molecule has 3 N–H and O–H groups in total. The highest BCUT2D eigenvalue weighted by atomic mass is 19.1. The minimum absolute atomic E-state index is 0.234. The first kappa shape index (κ1) is 22.3. The van der Waals surface area contributed by atoms with Crippen LogP contribution in [0.3, 0.4) is 0 Å². The van der Waals surface area contributed by atoms with E-state index in [9.17, 15) is 9.18 Å². The highest BCUT2D eigenvalue weighted by Gasteiger charge is 2.23. The molecule has 0 aliphatic carbocycles. The van der Waals surface area contributed by atoms with Crippen LogP contribution in [0, 0.1) is 5.82 Å². The number of carbonyl (C=O) groups is 1. The molecule has 5 aromatic rings. The summed E-state index contributed by atoms with van der Waals surface area (Å²) in [5.41, 5.74) is 11.1. The number of hydrogen-bond donors (Lipinski definition) is 2. The summed E-state index contributed by atoms with van der Waals surface area (Å²) < 4.78 is 20.3. The van der Waals surface area contributed by atoms with Gasteiger partial charge in [-0.05, 0) is 53.9 Å². The molecule has 2 heterocycles. The van der Waals surface area contributed by atoms with E-state index >= 15 is 0 Å². The molecule has 7 nitrogen and oxygen atoms in total. The smallest absolute Gasteiger partial charge is 0.257 e. The molecule has 8 heteroatoms. The number of rotatable bonds is 7. The van der Waals surface area contributed by atoms with Crippen molar-refractivity contribution in [3.05, 3.63) is 95.3 Å². The lowest BCUT2D eigenvalue weighted by Gasteiger charge is -2.09. The molecule has 0 bridgehead atoms. The standard InChI is InChI=1S/C27H24FN5O2/c1-35-20-12-8-17(9-13-20)14-15-33-25(29)23(27(34)30-16-18-6-10-19(28)11-7-18)24-26(33)32-22-5-3-2-4-21(22)31-24/h2-13H,14-16,29H2,1H3,(H,30,34). The fraction of sp³-hybridized carbons (Fsp3) is 0.148. The third kappa shape index (κ3) is 4.50. The number of nitrogen functional groups attached to an aromatic ring is 1. The Kier molecular flexibility index (Phi) is 6.01. The van der Waals surface area contributed by atoms with Crippen LogP contribution in [0.15, 0.2) is 72.8 Å². The zero-order chi connectivity index (χ0) is 24.4. The maximum atomic E-state index is 13.3. The number of aryl methyl sites for hydroxylation is 2. The number of amides is 1. The van der Waals surface area contributed by atoms with Crippen LogP contribution in [0.4, 0.5) is 10.2 Å². The summed E-state index contributed by atoms with van der Waals surface area (Å²) in [4.78, 5) is 22.8. The second-order valence-electron chi connectivity index (χ2n) is 8.20. The summed E-state index contributed by atoms with van der Waals surface area (Å²) >= 11 is 0. The fourth-order valence-electron chi connectivity index (χ4n) is 4.07. The van der Waals surface area contributed by atoms with E-state index in [0.29, 0.717) is 35.5 Å². The Balaban J connectivity index is 1.50. The van der Waals surface area contributed by atoms with Gasteiger partial charge in [-0.25, -0.2) is 14.4 Å². The number of para-hydroxylation sites is 2. The monoisotopic (exact) mass is 469 g/mol. The van der Waals surface area contributed by atoms with Gasteiger partial charge >= 0.3 is 0 Å². The van der Waals surface area contributed by atoms with Gasteiger partial charge in [0.15, 0.2) is 5.65 Å². The molecule has 0 aliphatic rings. The number of methoxy groups -OCH3 is 1. The summed E-state index contributed by atoms with van der Waals surface area (Å²) in [6.45, 7) is 0.755. The zero-order valence-electron chi connectivity index (χ0n) is 19.2. The first-order valence-corrected chi connectivity index (χ1v) is 11.2. The lowest BCUT2D eigenvalue weighted by atomic mass is 10.1. The topological polar surface area (TPSA) is 95.1 Å². The predicted octanol–water partition coefficient (Wildman–Crippen LogP) is 4.49. The molecular formula is C27H24FN5O2. The average molecular weight is 470 g/mol. The van der Waals surface area contributed by atoms with Gasteiger partial charge in [0.25, 0.3) is 5.91 Å². The van der Waals surface area contributed by atoms with Crippen molar-refractivity contribution in [1.82, 2.24) is 19.9 Å². The van der Waals surface area contributed by atoms with E-state index in [0.717, 1.165) is 22.4 Å². The third-order valence-corrected chi connectivity index (χ3v) is 5.97. The Hall–Kier alpha value is -4.46. The Morgan fingerprint density at radius 2 is 1.63 bits per heavy atom. The lowest BCUT2D eigenvalue weighted by molar-refractivity contribution is 0.0953. The van der Waals surface area contributed by atoms with Gasteiger partial charge < -0.3 is 20.4 Å². The number of benzene rings is 3. The van der Waals surface area contributed by atoms with Crippen molar-refractivity contribution in [2.24, 2.45) is 0 Å². The van der Waals surface area contributed by atoms with E-state index in [1.807, 2.05) is 53.1 Å². The van der Waals surface area contributed by atoms with E-state index in [2.05, 4.69) is 5.32 Å². The molecule has 1 amide bonds. The van der Waals surface area contributed by atoms with Crippen molar-refractivity contribution in [3.63, 3.8) is 0 Å². The van der Waals surface area contributed by atoms with Gasteiger partial charge in [-0.3, -0.25) is 4.79 Å². The van der Waals surface area contributed by atoms with Crippen molar-refractivity contribution in [2.75, 3.05) is 12.8 Å². The minimum Gasteiger partial charge on any atom is -0.497 e. The summed E-state index contributed by atoms with van der Waals surface area (Å²) in [5.74, 6) is 0.411. The van der Waals surface area contributed by atoms with Gasteiger partial charge in [0.05, 0.1) is 18.1 Å². The molecule has 176 valence electrons. The second kappa shape index (κ2) is 9.42. The summed E-state index contributed by atoms with van der Waals surface area (Å²) in [5, 5.41) is 2.88. The van der Waals surface area contributed by atoms with Crippen LogP contribution in [0.2, 0.25) is 0 Å². The molecule has 0 radical (unpaired) electrons. The third-order valence-electron chi connectivity index (χ3n) is 5.97. The maximum Gasteiger partial charge on any atom is 0.257 e. The van der Waals surface area contributed by atoms with E-state index in [1.165, 1.54) is 12.1 Å². The summed E-state index contributed by atoms with van der Waals surface area (Å²) in [6, 6.07) is 21.3. The molecule has 5 rings (SSSR count). The molecule has 0 fully saturated rings. The van der Waals surface area contributed by atoms with Crippen molar-refractivity contribution in [3.8, 4) is 5.75 Å². The van der Waals surface area contributed by atoms with Crippen LogP contribution >= 0.6 is 0 Å². The van der Waals surface area contributed by atoms with Gasteiger partial charge in [-0.1, -0.05) is 36.4 Å². The Morgan fingerprint density at radius 3 is 2.31 bits per heavy atom. The molecule has 0 aliphatic heterocycles. The van der Waals surface area contributed by atoms with E-state index in [4.69, 9.17) is 20.4 Å². The number of carbonyl (C=O) groups excluding carboxylic acids is 1. The van der Waals surface area contributed by atoms with Gasteiger partial charge in [0.2, 0.25) is 0 Å². The number of halogens is 1. The Bertz CT molecular complexity index is 1510. The summed E-state index contributed by atoms with van der Waals surface area (Å²) in [6.07, 6.45) is 0.684. The number of hydrogen-bond acceptors (Lipinski definition) is 5. The molecule has 0 spiro atoms. The number of anilines is 1. The number of fused-ring (bicyclic) bond motifs is 2. The average Bonchev–Trinajstić information content (AvgIpc) is 3.15. The minimum atomic E-state index is -0.357. The molecular weight excluding hydrogens is 445 g/mol. The van der Waals surface area contributed by atoms with Crippen molar-refractivity contribution in [2.45, 2.75) is 19.5 Å². The SMILES string of the molecule is COc1ccc(CCn2c(N)c(C(=O)NCc3ccc(F)cc3)c3nc4ccccc4nc32)cc1. The van der Waals surface area contributed by atoms with E-state index in [-0.39, 0.29) is 23.8 Å². The quantitative estimate of drug-likeness (QED) is 0.366. The first-order chi connectivity index (χ1) is 17.0. The highest BCUT2D eigenvalue weighted by Crippen LogP contribution is 2.28. The lowest BCUT2D eigenvalue weighted by Crippen LogP contribution is -2.24. The first-order valence-electron chi connectivity index (χ1n) is 11.2. The number of aromatic nitrogens is 3. The van der Waals surface area contributed by atoms with E-state index in [1.54, 1.807) is 19.2 Å². The van der Waals surface area contributed by atoms with Crippen LogP contribution in [-0.2, 0) is 19.5 Å². The molecule has 0 saturated carbocycles. The van der Waals surface area contributed by atoms with Gasteiger partial charge in [0.1, 0.15) is 28.5 Å². The number of nitrogens with one attached hydrogen (secondary N) is 1. The number of ether oxygens (including phenoxy) is 1. The van der Waals surface area contributed by atoms with Crippen LogP contribution in [0.1, 0.15) is 21.5 Å². The molecule has 2 aromatic heterocycles. The summed E-state index contributed by atoms with van der Waals surface area (Å²) in [7, 11) is 1.63. The largest absolute Gasteiger partial charge is 0.497 e. The number of nitrogens with two attached hydrogens (primary N) is 1. The fourth-order valence-corrected chi connectivity index (χ4v) is 4.07. The predicted molar refractivity (Wildman–Crippen MR) is 134 cm³/mol. The van der Waals surface area contributed by atoms with Crippen LogP contribution in [0.5, 0.6) is 5.75 Å². The maximum absolute atomic E-state index is 13.3. The van der Waals surface area contributed by atoms with E-state index < -0.39 is 0 Å². The highest BCUT2D eigenvalue weighted by molar-refractivity contribution is 6.10. The molecule has 0 saturated heterocycles. The Labute approximate surface area is 201 Å². The van der Waals surface area contributed by atoms with Crippen molar-refractivity contribution < 1.29 is 13.9 Å². The van der Waals surface area contributed by atoms with Crippen molar-refractivity contribution in [1.29, 1.82) is 0 Å². The zero-order valence-corrected chi connectivity index (χ0v) is 19.2. The van der Waals surface area contributed by atoms with Crippen molar-refractivity contribution >= 4 is 33.9 Å². The van der Waals surface area contributed by atoms with Gasteiger partial charge in [-0.15, -0.1) is 0 Å². The second-order valence-corrected chi connectivity index (χ2v) is 8.20. The van der Waals surface area contributed by atoms with Gasteiger partial charge in [-0.2, -0.15) is 0 Å².